The molecule has 1 nitrogen and oxygen atoms in total. The number of anilines is 3. The van der Waals surface area contributed by atoms with Crippen LogP contribution < -0.4 is 4.90 Å². The molecule has 0 aliphatic carbocycles. The molecule has 0 heterocycles. The van der Waals surface area contributed by atoms with Crippen LogP contribution in [-0.2, 0) is 0 Å². The van der Waals surface area contributed by atoms with E-state index in [4.69, 9.17) is 0 Å². The fourth-order valence-corrected chi connectivity index (χ4v) is 3.63. The third-order valence-corrected chi connectivity index (χ3v) is 5.73. The van der Waals surface area contributed by atoms with Crippen LogP contribution in [0.2, 0.25) is 0 Å². The van der Waals surface area contributed by atoms with E-state index < -0.39 is 0 Å². The molecular weight excluding hydrogens is 374 g/mol. The molecule has 154 valence electrons. The summed E-state index contributed by atoms with van der Waals surface area (Å²) in [6.45, 7) is 8.55. The van der Waals surface area contributed by atoms with Crippen molar-refractivity contribution in [1.82, 2.24) is 0 Å². The molecule has 0 atom stereocenters. The van der Waals surface area contributed by atoms with Gasteiger partial charge in [-0.2, -0.15) is 0 Å². The first-order chi connectivity index (χ1) is 15.0. The van der Waals surface area contributed by atoms with Crippen LogP contribution in [0.5, 0.6) is 0 Å². The third kappa shape index (κ3) is 4.95. The fourth-order valence-electron chi connectivity index (χ4n) is 3.63. The fraction of sp³-hybridized carbons (Fsp3) is 0.133. The van der Waals surface area contributed by atoms with Crippen molar-refractivity contribution < 1.29 is 0 Å². The Labute approximate surface area is 186 Å². The minimum atomic E-state index is 1.15. The predicted octanol–water partition coefficient (Wildman–Crippen LogP) is 8.56. The SMILES string of the molecule is Cc1ccc(N(c2ccc(C)cc2)c2ccc(C=Cc3ccc(C)c(C)c3)cc2)cc1. The molecule has 0 spiro atoms. The van der Waals surface area contributed by atoms with E-state index in [2.05, 4.69) is 136 Å². The molecule has 0 amide bonds. The van der Waals surface area contributed by atoms with Crippen LogP contribution in [0.3, 0.4) is 0 Å². The zero-order valence-electron chi connectivity index (χ0n) is 18.8. The molecule has 31 heavy (non-hydrogen) atoms. The summed E-state index contributed by atoms with van der Waals surface area (Å²) in [4.78, 5) is 2.30. The quantitative estimate of drug-likeness (QED) is 0.302. The average Bonchev–Trinajstić information content (AvgIpc) is 2.78. The van der Waals surface area contributed by atoms with Crippen LogP contribution in [0, 0.1) is 27.7 Å². The number of aryl methyl sites for hydroxylation is 4. The minimum Gasteiger partial charge on any atom is -0.311 e. The van der Waals surface area contributed by atoms with E-state index in [-0.39, 0.29) is 0 Å². The molecule has 0 N–H and O–H groups in total. The summed E-state index contributed by atoms with van der Waals surface area (Å²) in [5.74, 6) is 0. The van der Waals surface area contributed by atoms with Crippen molar-refractivity contribution in [3.63, 3.8) is 0 Å². The number of rotatable bonds is 5. The molecule has 0 aliphatic heterocycles. The second kappa shape index (κ2) is 9.06. The zero-order valence-corrected chi connectivity index (χ0v) is 18.8. The molecule has 0 fully saturated rings. The Hall–Kier alpha value is -3.58. The smallest absolute Gasteiger partial charge is 0.0462 e. The normalized spacial score (nSPS) is 11.1. The Morgan fingerprint density at radius 1 is 0.452 bits per heavy atom. The predicted molar refractivity (Wildman–Crippen MR) is 135 cm³/mol. The van der Waals surface area contributed by atoms with E-state index in [1.54, 1.807) is 0 Å². The molecule has 1 heteroatoms. The summed E-state index contributed by atoms with van der Waals surface area (Å²) in [5, 5.41) is 0. The summed E-state index contributed by atoms with van der Waals surface area (Å²) in [6.07, 6.45) is 4.36. The van der Waals surface area contributed by atoms with Crippen molar-refractivity contribution in [3.8, 4) is 0 Å². The molecule has 0 aromatic heterocycles. The molecule has 0 bridgehead atoms. The van der Waals surface area contributed by atoms with Gasteiger partial charge in [0.2, 0.25) is 0 Å². The molecular formula is C30H29N. The lowest BCUT2D eigenvalue weighted by Crippen LogP contribution is -2.09. The van der Waals surface area contributed by atoms with Crippen molar-refractivity contribution in [2.24, 2.45) is 0 Å². The third-order valence-electron chi connectivity index (χ3n) is 5.73. The lowest BCUT2D eigenvalue weighted by molar-refractivity contribution is 1.27. The molecule has 0 saturated heterocycles. The highest BCUT2D eigenvalue weighted by molar-refractivity contribution is 5.78. The van der Waals surface area contributed by atoms with Crippen LogP contribution in [0.4, 0.5) is 17.1 Å². The topological polar surface area (TPSA) is 3.24 Å². The maximum Gasteiger partial charge on any atom is 0.0462 e. The van der Waals surface area contributed by atoms with E-state index >= 15 is 0 Å². The van der Waals surface area contributed by atoms with Gasteiger partial charge in [-0.25, -0.2) is 0 Å². The van der Waals surface area contributed by atoms with E-state index in [9.17, 15) is 0 Å². The van der Waals surface area contributed by atoms with Gasteiger partial charge in [0.05, 0.1) is 0 Å². The first-order valence-electron chi connectivity index (χ1n) is 10.8. The Balaban J connectivity index is 1.64. The van der Waals surface area contributed by atoms with Gasteiger partial charge in [-0.15, -0.1) is 0 Å². The van der Waals surface area contributed by atoms with Crippen LogP contribution in [0.15, 0.2) is 91.0 Å². The summed E-state index contributed by atoms with van der Waals surface area (Å²) >= 11 is 0. The first kappa shape index (κ1) is 20.7. The molecule has 0 saturated carbocycles. The second-order valence-electron chi connectivity index (χ2n) is 8.28. The highest BCUT2D eigenvalue weighted by Crippen LogP contribution is 2.34. The van der Waals surface area contributed by atoms with Crippen molar-refractivity contribution in [2.75, 3.05) is 4.90 Å². The molecule has 0 unspecified atom stereocenters. The largest absolute Gasteiger partial charge is 0.311 e. The second-order valence-corrected chi connectivity index (χ2v) is 8.28. The van der Waals surface area contributed by atoms with Crippen LogP contribution >= 0.6 is 0 Å². The summed E-state index contributed by atoms with van der Waals surface area (Å²) in [5.41, 5.74) is 11.1. The molecule has 4 aromatic rings. The van der Waals surface area contributed by atoms with Gasteiger partial charge in [0, 0.05) is 17.1 Å². The van der Waals surface area contributed by atoms with Gasteiger partial charge in [-0.05, 0) is 86.3 Å². The monoisotopic (exact) mass is 403 g/mol. The van der Waals surface area contributed by atoms with Crippen molar-refractivity contribution in [3.05, 3.63) is 124 Å². The van der Waals surface area contributed by atoms with Crippen molar-refractivity contribution in [2.45, 2.75) is 27.7 Å². The average molecular weight is 404 g/mol. The highest BCUT2D eigenvalue weighted by Gasteiger charge is 2.12. The minimum absolute atomic E-state index is 1.15. The lowest BCUT2D eigenvalue weighted by atomic mass is 10.1. The van der Waals surface area contributed by atoms with E-state index in [0.29, 0.717) is 0 Å². The van der Waals surface area contributed by atoms with Gasteiger partial charge in [0.25, 0.3) is 0 Å². The van der Waals surface area contributed by atoms with Crippen molar-refractivity contribution in [1.29, 1.82) is 0 Å². The number of hydrogen-bond donors (Lipinski definition) is 0. The molecule has 4 rings (SSSR count). The first-order valence-corrected chi connectivity index (χ1v) is 10.8. The summed E-state index contributed by atoms with van der Waals surface area (Å²) in [6, 6.07) is 32.7. The Bertz CT molecular complexity index is 1140. The number of benzene rings is 4. The van der Waals surface area contributed by atoms with Gasteiger partial charge >= 0.3 is 0 Å². The molecule has 0 radical (unpaired) electrons. The number of hydrogen-bond acceptors (Lipinski definition) is 1. The summed E-state index contributed by atoms with van der Waals surface area (Å²) in [7, 11) is 0. The Kier molecular flexibility index (Phi) is 6.04. The van der Waals surface area contributed by atoms with Gasteiger partial charge in [0.1, 0.15) is 0 Å². The van der Waals surface area contributed by atoms with Gasteiger partial charge in [0.15, 0.2) is 0 Å². The maximum absolute atomic E-state index is 2.30. The molecule has 0 aliphatic rings. The van der Waals surface area contributed by atoms with Gasteiger partial charge < -0.3 is 4.90 Å². The van der Waals surface area contributed by atoms with Gasteiger partial charge in [-0.3, -0.25) is 0 Å². The van der Waals surface area contributed by atoms with Crippen LogP contribution in [0.25, 0.3) is 12.2 Å². The highest BCUT2D eigenvalue weighted by atomic mass is 15.1. The van der Waals surface area contributed by atoms with E-state index in [1.165, 1.54) is 33.4 Å². The lowest BCUT2D eigenvalue weighted by Gasteiger charge is -2.25. The molecule has 4 aromatic carbocycles. The number of nitrogens with zero attached hydrogens (tertiary/aromatic N) is 1. The zero-order chi connectivity index (χ0) is 21.8. The van der Waals surface area contributed by atoms with E-state index in [1.807, 2.05) is 0 Å². The Morgan fingerprint density at radius 3 is 1.35 bits per heavy atom. The summed E-state index contributed by atoms with van der Waals surface area (Å²) < 4.78 is 0. The standard InChI is InChI=1S/C30H29N/c1-22-5-15-28(16-6-22)31(29-17-7-23(2)8-18-29)30-19-13-26(14-20-30)11-12-27-10-9-24(3)25(4)21-27/h5-21H,1-4H3. The van der Waals surface area contributed by atoms with E-state index in [0.717, 1.165) is 17.1 Å². The van der Waals surface area contributed by atoms with Crippen molar-refractivity contribution >= 4 is 29.2 Å². The van der Waals surface area contributed by atoms with Gasteiger partial charge in [-0.1, -0.05) is 77.9 Å². The van der Waals surface area contributed by atoms with Crippen LogP contribution in [0.1, 0.15) is 33.4 Å². The Morgan fingerprint density at radius 2 is 0.871 bits per heavy atom. The van der Waals surface area contributed by atoms with Crippen LogP contribution in [-0.4, -0.2) is 0 Å². The maximum atomic E-state index is 2.30.